The highest BCUT2D eigenvalue weighted by molar-refractivity contribution is 5.72. The minimum atomic E-state index is -0.776. The number of hydrogen-bond donors (Lipinski definition) is 3. The Bertz CT molecular complexity index is 191. The van der Waals surface area contributed by atoms with Crippen LogP contribution in [0.2, 0.25) is 0 Å². The Balaban J connectivity index is 2.46. The van der Waals surface area contributed by atoms with Crippen LogP contribution >= 0.6 is 0 Å². The first-order valence-electron chi connectivity index (χ1n) is 4.89. The van der Waals surface area contributed by atoms with Gasteiger partial charge in [0.1, 0.15) is 0 Å². The summed E-state index contributed by atoms with van der Waals surface area (Å²) in [5.74, 6) is -1.10. The highest BCUT2D eigenvalue weighted by Gasteiger charge is 2.39. The van der Waals surface area contributed by atoms with E-state index in [0.29, 0.717) is 19.5 Å². The van der Waals surface area contributed by atoms with Gasteiger partial charge in [-0.1, -0.05) is 0 Å². The van der Waals surface area contributed by atoms with Gasteiger partial charge in [-0.15, -0.1) is 0 Å². The summed E-state index contributed by atoms with van der Waals surface area (Å²) in [4.78, 5) is 12.6. The van der Waals surface area contributed by atoms with Crippen molar-refractivity contribution in [2.45, 2.75) is 18.9 Å². The molecule has 0 bridgehead atoms. The lowest BCUT2D eigenvalue weighted by atomic mass is 9.78. The van der Waals surface area contributed by atoms with Crippen molar-refractivity contribution in [3.8, 4) is 0 Å². The van der Waals surface area contributed by atoms with Crippen molar-refractivity contribution in [3.63, 3.8) is 0 Å². The molecule has 2 unspecified atom stereocenters. The Labute approximate surface area is 83.0 Å². The smallest absolute Gasteiger partial charge is 0.308 e. The van der Waals surface area contributed by atoms with Gasteiger partial charge in [-0.25, -0.2) is 0 Å². The fourth-order valence-electron chi connectivity index (χ4n) is 1.91. The number of aliphatic carboxylic acids is 1. The number of carboxylic acids is 1. The van der Waals surface area contributed by atoms with Gasteiger partial charge >= 0.3 is 5.97 Å². The summed E-state index contributed by atoms with van der Waals surface area (Å²) in [7, 11) is 0. The number of hydrogen-bond acceptors (Lipinski definition) is 4. The van der Waals surface area contributed by atoms with Gasteiger partial charge in [0.2, 0.25) is 0 Å². The molecular formula is C9H17NO4. The summed E-state index contributed by atoms with van der Waals surface area (Å²) in [6.07, 6.45) is 1.55. The quantitative estimate of drug-likeness (QED) is 0.523. The number of aliphatic hydroxyl groups excluding tert-OH is 2. The molecule has 1 rings (SSSR count). The van der Waals surface area contributed by atoms with E-state index in [1.165, 1.54) is 0 Å². The second-order valence-electron chi connectivity index (χ2n) is 3.57. The molecule has 2 atom stereocenters. The number of carboxylic acid groups (broad SMARTS) is 1. The van der Waals surface area contributed by atoms with Crippen molar-refractivity contribution < 1.29 is 20.1 Å². The second-order valence-corrected chi connectivity index (χ2v) is 3.57. The first kappa shape index (κ1) is 11.4. The monoisotopic (exact) mass is 203 g/mol. The molecule has 0 heterocycles. The van der Waals surface area contributed by atoms with Crippen LogP contribution in [-0.4, -0.2) is 58.5 Å². The summed E-state index contributed by atoms with van der Waals surface area (Å²) >= 11 is 0. The zero-order valence-corrected chi connectivity index (χ0v) is 8.09. The van der Waals surface area contributed by atoms with Crippen LogP contribution in [0.4, 0.5) is 0 Å². The third kappa shape index (κ3) is 2.43. The van der Waals surface area contributed by atoms with E-state index in [2.05, 4.69) is 0 Å². The lowest BCUT2D eigenvalue weighted by molar-refractivity contribution is -0.149. The maximum Gasteiger partial charge on any atom is 0.308 e. The van der Waals surface area contributed by atoms with E-state index >= 15 is 0 Å². The third-order valence-corrected chi connectivity index (χ3v) is 2.80. The van der Waals surface area contributed by atoms with E-state index in [0.717, 1.165) is 6.42 Å². The molecule has 5 heteroatoms. The summed E-state index contributed by atoms with van der Waals surface area (Å²) in [5.41, 5.74) is 0. The molecule has 3 N–H and O–H groups in total. The highest BCUT2D eigenvalue weighted by Crippen LogP contribution is 2.31. The van der Waals surface area contributed by atoms with Crippen LogP contribution in [0.3, 0.4) is 0 Å². The molecule has 1 aliphatic rings. The summed E-state index contributed by atoms with van der Waals surface area (Å²) in [6, 6.07) is -0.00759. The molecule has 82 valence electrons. The highest BCUT2D eigenvalue weighted by atomic mass is 16.4. The lowest BCUT2D eigenvalue weighted by Gasteiger charge is -2.41. The van der Waals surface area contributed by atoms with E-state index in [1.54, 1.807) is 0 Å². The van der Waals surface area contributed by atoms with Gasteiger partial charge in [0, 0.05) is 19.1 Å². The number of nitrogens with zero attached hydrogens (tertiary/aromatic N) is 1. The van der Waals surface area contributed by atoms with E-state index in [-0.39, 0.29) is 25.2 Å². The first-order valence-corrected chi connectivity index (χ1v) is 4.89. The molecule has 0 amide bonds. The van der Waals surface area contributed by atoms with Crippen molar-refractivity contribution in [3.05, 3.63) is 0 Å². The largest absolute Gasteiger partial charge is 0.481 e. The molecule has 5 nitrogen and oxygen atoms in total. The summed E-state index contributed by atoms with van der Waals surface area (Å²) < 4.78 is 0. The zero-order chi connectivity index (χ0) is 10.6. The average Bonchev–Trinajstić information content (AvgIpc) is 2.01. The molecule has 0 aromatic rings. The fourth-order valence-corrected chi connectivity index (χ4v) is 1.91. The van der Waals surface area contributed by atoms with Crippen molar-refractivity contribution in [2.75, 3.05) is 26.3 Å². The Hall–Kier alpha value is -0.650. The third-order valence-electron chi connectivity index (χ3n) is 2.80. The normalized spacial score (nSPS) is 26.2. The van der Waals surface area contributed by atoms with Crippen LogP contribution in [0.1, 0.15) is 12.8 Å². The van der Waals surface area contributed by atoms with Crippen LogP contribution in [0.5, 0.6) is 0 Å². The van der Waals surface area contributed by atoms with E-state index in [1.807, 2.05) is 4.90 Å². The average molecular weight is 203 g/mol. The van der Waals surface area contributed by atoms with Gasteiger partial charge in [-0.2, -0.15) is 0 Å². The van der Waals surface area contributed by atoms with Gasteiger partial charge in [-0.3, -0.25) is 9.69 Å². The van der Waals surface area contributed by atoms with Crippen molar-refractivity contribution >= 4 is 5.97 Å². The van der Waals surface area contributed by atoms with E-state index in [9.17, 15) is 4.79 Å². The number of rotatable bonds is 6. The Morgan fingerprint density at radius 2 is 1.79 bits per heavy atom. The molecule has 0 saturated heterocycles. The fraction of sp³-hybridized carbons (Fsp3) is 0.889. The van der Waals surface area contributed by atoms with E-state index < -0.39 is 5.97 Å². The molecule has 0 aromatic heterocycles. The van der Waals surface area contributed by atoms with Crippen molar-refractivity contribution in [2.24, 2.45) is 5.92 Å². The first-order chi connectivity index (χ1) is 6.70. The van der Waals surface area contributed by atoms with Crippen LogP contribution in [0.25, 0.3) is 0 Å². The Morgan fingerprint density at radius 1 is 1.21 bits per heavy atom. The van der Waals surface area contributed by atoms with Crippen molar-refractivity contribution in [1.29, 1.82) is 0 Å². The SMILES string of the molecule is O=C(O)C1CCC1N(CCO)CCO. The van der Waals surface area contributed by atoms with Gasteiger partial charge in [0.15, 0.2) is 0 Å². The van der Waals surface area contributed by atoms with E-state index in [4.69, 9.17) is 15.3 Å². The minimum Gasteiger partial charge on any atom is -0.481 e. The van der Waals surface area contributed by atoms with Gasteiger partial charge in [0.25, 0.3) is 0 Å². The molecule has 14 heavy (non-hydrogen) atoms. The Kier molecular flexibility index (Phi) is 4.31. The summed E-state index contributed by atoms with van der Waals surface area (Å²) in [5, 5.41) is 26.4. The van der Waals surface area contributed by atoms with Gasteiger partial charge in [0.05, 0.1) is 19.1 Å². The van der Waals surface area contributed by atoms with Crippen LogP contribution in [-0.2, 0) is 4.79 Å². The zero-order valence-electron chi connectivity index (χ0n) is 8.09. The Morgan fingerprint density at radius 3 is 2.07 bits per heavy atom. The molecule has 0 spiro atoms. The topological polar surface area (TPSA) is 81.0 Å². The molecule has 1 aliphatic carbocycles. The molecular weight excluding hydrogens is 186 g/mol. The minimum absolute atomic E-state index is 0.00282. The standard InChI is InChI=1S/C9H17NO4/c11-5-3-10(4-6-12)8-2-1-7(8)9(13)14/h7-8,11-12H,1-6H2,(H,13,14). The van der Waals surface area contributed by atoms with Gasteiger partial charge in [-0.05, 0) is 12.8 Å². The predicted octanol–water partition coefficient (Wildman–Crippen LogP) is -0.864. The van der Waals surface area contributed by atoms with Crippen LogP contribution < -0.4 is 0 Å². The molecule has 1 fully saturated rings. The summed E-state index contributed by atoms with van der Waals surface area (Å²) in [6.45, 7) is 0.885. The molecule has 0 radical (unpaired) electrons. The molecule has 0 aromatic carbocycles. The predicted molar refractivity (Wildman–Crippen MR) is 49.9 cm³/mol. The second kappa shape index (κ2) is 5.29. The molecule has 0 aliphatic heterocycles. The van der Waals surface area contributed by atoms with Gasteiger partial charge < -0.3 is 15.3 Å². The maximum atomic E-state index is 10.8. The lowest BCUT2D eigenvalue weighted by Crippen LogP contribution is -2.51. The van der Waals surface area contributed by atoms with Crippen LogP contribution in [0.15, 0.2) is 0 Å². The van der Waals surface area contributed by atoms with Crippen LogP contribution in [0, 0.1) is 5.92 Å². The van der Waals surface area contributed by atoms with Crippen molar-refractivity contribution in [1.82, 2.24) is 4.90 Å². The molecule has 1 saturated carbocycles. The number of carbonyl (C=O) groups is 1. The number of aliphatic hydroxyl groups is 2. The maximum absolute atomic E-state index is 10.8.